The van der Waals surface area contributed by atoms with Crippen LogP contribution in [0.2, 0.25) is 0 Å². The first-order valence-electron chi connectivity index (χ1n) is 4.93. The number of hydrogen-bond acceptors (Lipinski definition) is 5. The molecule has 5 heteroatoms. The SMILES string of the molecule is C1=c2c(ccc3c2=NCCC3)N=NNS1. The first kappa shape index (κ1) is 8.91. The number of nitrogens with one attached hydrogen (secondary N) is 1. The van der Waals surface area contributed by atoms with Crippen molar-refractivity contribution in [2.45, 2.75) is 12.8 Å². The van der Waals surface area contributed by atoms with E-state index in [2.05, 4.69) is 26.2 Å². The molecule has 1 aromatic rings. The van der Waals surface area contributed by atoms with Crippen LogP contribution in [0, 0.1) is 0 Å². The van der Waals surface area contributed by atoms with Crippen molar-refractivity contribution in [2.75, 3.05) is 6.54 Å². The Morgan fingerprint density at radius 1 is 1.33 bits per heavy atom. The van der Waals surface area contributed by atoms with E-state index in [1.165, 1.54) is 17.5 Å². The molecule has 0 saturated heterocycles. The van der Waals surface area contributed by atoms with E-state index in [4.69, 9.17) is 0 Å². The van der Waals surface area contributed by atoms with Crippen molar-refractivity contribution in [3.8, 4) is 0 Å². The van der Waals surface area contributed by atoms with Gasteiger partial charge < -0.3 is 0 Å². The van der Waals surface area contributed by atoms with Crippen molar-refractivity contribution in [3.63, 3.8) is 0 Å². The van der Waals surface area contributed by atoms with Gasteiger partial charge in [0, 0.05) is 17.2 Å². The molecule has 4 nitrogen and oxygen atoms in total. The molecule has 0 aliphatic carbocycles. The number of hydrogen-bond donors (Lipinski definition) is 1. The maximum atomic E-state index is 4.57. The topological polar surface area (TPSA) is 49.1 Å². The summed E-state index contributed by atoms with van der Waals surface area (Å²) in [7, 11) is 0. The third-order valence-corrected chi connectivity index (χ3v) is 3.12. The van der Waals surface area contributed by atoms with E-state index in [0.29, 0.717) is 0 Å². The van der Waals surface area contributed by atoms with Crippen LogP contribution in [-0.2, 0) is 6.42 Å². The highest BCUT2D eigenvalue weighted by molar-refractivity contribution is 8.04. The Morgan fingerprint density at radius 2 is 2.33 bits per heavy atom. The lowest BCUT2D eigenvalue weighted by Gasteiger charge is -2.08. The van der Waals surface area contributed by atoms with E-state index in [1.54, 1.807) is 0 Å². The molecule has 1 aromatic carbocycles. The Hall–Kier alpha value is -1.36. The third kappa shape index (κ3) is 1.52. The lowest BCUT2D eigenvalue weighted by Crippen LogP contribution is -2.31. The average molecular weight is 218 g/mol. The van der Waals surface area contributed by atoms with E-state index in [1.807, 2.05) is 11.5 Å². The molecule has 1 N–H and O–H groups in total. The van der Waals surface area contributed by atoms with Crippen molar-refractivity contribution in [1.29, 1.82) is 0 Å². The number of aryl methyl sites for hydroxylation is 1. The molecule has 15 heavy (non-hydrogen) atoms. The zero-order valence-corrected chi connectivity index (χ0v) is 8.92. The van der Waals surface area contributed by atoms with Crippen LogP contribution < -0.4 is 15.4 Å². The zero-order chi connectivity index (χ0) is 10.1. The second-order valence-corrected chi connectivity index (χ2v) is 4.17. The van der Waals surface area contributed by atoms with E-state index in [-0.39, 0.29) is 0 Å². The van der Waals surface area contributed by atoms with Gasteiger partial charge in [0.25, 0.3) is 0 Å². The Morgan fingerprint density at radius 3 is 3.33 bits per heavy atom. The van der Waals surface area contributed by atoms with Gasteiger partial charge >= 0.3 is 0 Å². The van der Waals surface area contributed by atoms with Crippen LogP contribution in [0.4, 0.5) is 5.69 Å². The van der Waals surface area contributed by atoms with Gasteiger partial charge in [-0.05, 0) is 36.4 Å². The maximum absolute atomic E-state index is 4.57. The molecule has 0 radical (unpaired) electrons. The van der Waals surface area contributed by atoms with Crippen LogP contribution in [0.3, 0.4) is 0 Å². The normalized spacial score (nSPS) is 17.6. The fourth-order valence-corrected chi connectivity index (χ4v) is 2.37. The lowest BCUT2D eigenvalue weighted by atomic mass is 10.0. The lowest BCUT2D eigenvalue weighted by molar-refractivity contribution is 0.765. The summed E-state index contributed by atoms with van der Waals surface area (Å²) in [5.74, 6) is 0. The molecule has 0 aromatic heterocycles. The average Bonchev–Trinajstić information content (AvgIpc) is 2.54. The molecular weight excluding hydrogens is 208 g/mol. The van der Waals surface area contributed by atoms with Crippen LogP contribution in [0.1, 0.15) is 12.0 Å². The number of benzene rings is 1. The van der Waals surface area contributed by atoms with Gasteiger partial charge in [0.2, 0.25) is 0 Å². The predicted octanol–water partition coefficient (Wildman–Crippen LogP) is 1.24. The first-order chi connectivity index (χ1) is 7.45. The molecule has 0 fully saturated rings. The summed E-state index contributed by atoms with van der Waals surface area (Å²) < 4.78 is 0. The molecule has 0 atom stereocenters. The van der Waals surface area contributed by atoms with Gasteiger partial charge in [-0.3, -0.25) is 4.99 Å². The van der Waals surface area contributed by atoms with Crippen LogP contribution >= 0.6 is 11.9 Å². The highest BCUT2D eigenvalue weighted by Crippen LogP contribution is 2.11. The number of rotatable bonds is 0. The maximum Gasteiger partial charge on any atom is 0.0974 e. The molecular formula is C10H10N4S. The van der Waals surface area contributed by atoms with Crippen LogP contribution in [0.15, 0.2) is 27.5 Å². The van der Waals surface area contributed by atoms with E-state index >= 15 is 0 Å². The zero-order valence-electron chi connectivity index (χ0n) is 8.10. The second-order valence-electron chi connectivity index (χ2n) is 3.52. The second kappa shape index (κ2) is 3.66. The van der Waals surface area contributed by atoms with Gasteiger partial charge in [-0.1, -0.05) is 11.3 Å². The summed E-state index contributed by atoms with van der Waals surface area (Å²) in [4.78, 5) is 7.35. The highest BCUT2D eigenvalue weighted by atomic mass is 32.2. The summed E-state index contributed by atoms with van der Waals surface area (Å²) in [5, 5.41) is 12.2. The first-order valence-corrected chi connectivity index (χ1v) is 5.81. The molecule has 2 aliphatic heterocycles. The minimum Gasteiger partial charge on any atom is -0.284 e. The molecule has 0 unspecified atom stereocenters. The summed E-state index contributed by atoms with van der Waals surface area (Å²) in [5.41, 5.74) is 2.23. The predicted molar refractivity (Wildman–Crippen MR) is 60.1 cm³/mol. The Labute approximate surface area is 91.3 Å². The van der Waals surface area contributed by atoms with E-state index < -0.39 is 0 Å². The summed E-state index contributed by atoms with van der Waals surface area (Å²) in [6.07, 6.45) is 2.27. The summed E-state index contributed by atoms with van der Waals surface area (Å²) in [6, 6.07) is 4.13. The largest absolute Gasteiger partial charge is 0.284 e. The molecule has 0 saturated carbocycles. The van der Waals surface area contributed by atoms with Crippen molar-refractivity contribution in [1.82, 2.24) is 4.83 Å². The smallest absolute Gasteiger partial charge is 0.0974 e. The number of fused-ring (bicyclic) bond motifs is 3. The Balaban J connectivity index is 2.37. The van der Waals surface area contributed by atoms with Crippen molar-refractivity contribution in [2.24, 2.45) is 15.3 Å². The van der Waals surface area contributed by atoms with Crippen molar-refractivity contribution >= 4 is 23.0 Å². The molecule has 0 amide bonds. The van der Waals surface area contributed by atoms with E-state index in [0.717, 1.165) is 35.6 Å². The third-order valence-electron chi connectivity index (χ3n) is 2.58. The molecule has 3 rings (SSSR count). The minimum atomic E-state index is 0.900. The molecule has 2 heterocycles. The standard InChI is InChI=1S/C10H10N4S/c1-2-7-3-4-9-8(10(7)11-5-1)6-15-14-13-12-9/h3-4,6H,1-2,5H2,(H,12,14). The van der Waals surface area contributed by atoms with Gasteiger partial charge in [0.05, 0.1) is 11.0 Å². The Bertz CT molecular complexity index is 535. The van der Waals surface area contributed by atoms with Gasteiger partial charge in [-0.2, -0.15) is 0 Å². The van der Waals surface area contributed by atoms with Crippen LogP contribution in [0.5, 0.6) is 0 Å². The van der Waals surface area contributed by atoms with Gasteiger partial charge in [-0.15, -0.1) is 5.11 Å². The summed E-state index contributed by atoms with van der Waals surface area (Å²) >= 11 is 1.44. The molecule has 0 spiro atoms. The highest BCUT2D eigenvalue weighted by Gasteiger charge is 2.08. The fraction of sp³-hybridized carbons (Fsp3) is 0.300. The molecule has 0 bridgehead atoms. The van der Waals surface area contributed by atoms with Crippen molar-refractivity contribution < 1.29 is 0 Å². The van der Waals surface area contributed by atoms with Gasteiger partial charge in [-0.25, -0.2) is 4.83 Å². The van der Waals surface area contributed by atoms with Gasteiger partial charge in [0.1, 0.15) is 0 Å². The monoisotopic (exact) mass is 218 g/mol. The minimum absolute atomic E-state index is 0.900. The van der Waals surface area contributed by atoms with Gasteiger partial charge in [0.15, 0.2) is 0 Å². The van der Waals surface area contributed by atoms with Crippen LogP contribution in [-0.4, -0.2) is 6.54 Å². The Kier molecular flexibility index (Phi) is 2.17. The van der Waals surface area contributed by atoms with Crippen LogP contribution in [0.25, 0.3) is 5.41 Å². The molecule has 76 valence electrons. The fourth-order valence-electron chi connectivity index (χ4n) is 1.88. The molecule has 2 aliphatic rings. The van der Waals surface area contributed by atoms with E-state index in [9.17, 15) is 0 Å². The number of nitrogens with zero attached hydrogens (tertiary/aromatic N) is 3. The van der Waals surface area contributed by atoms with Crippen molar-refractivity contribution in [3.05, 3.63) is 28.3 Å². The quantitative estimate of drug-likeness (QED) is 0.666. The summed E-state index contributed by atoms with van der Waals surface area (Å²) in [6.45, 7) is 0.923.